The smallest absolute Gasteiger partial charge is 0.417 e. The number of anilines is 1. The second-order valence-electron chi connectivity index (χ2n) is 7.95. The Kier molecular flexibility index (Phi) is 9.18. The summed E-state index contributed by atoms with van der Waals surface area (Å²) in [6, 6.07) is 15.0. The molecule has 38 heavy (non-hydrogen) atoms. The van der Waals surface area contributed by atoms with Crippen LogP contribution in [0.4, 0.5) is 18.9 Å². The predicted octanol–water partition coefficient (Wildman–Crippen LogP) is 5.58. The molecule has 7 nitrogen and oxygen atoms in total. The summed E-state index contributed by atoms with van der Waals surface area (Å²) in [5.74, 6) is -0.349. The van der Waals surface area contributed by atoms with Gasteiger partial charge in [-0.3, -0.25) is 9.10 Å². The van der Waals surface area contributed by atoms with E-state index in [9.17, 15) is 26.4 Å². The zero-order valence-electron chi connectivity index (χ0n) is 20.1. The maximum Gasteiger partial charge on any atom is 0.417 e. The monoisotopic (exact) mass is 565 g/mol. The van der Waals surface area contributed by atoms with E-state index < -0.39 is 44.9 Å². The number of ether oxygens (including phenoxy) is 1. The minimum absolute atomic E-state index is 0.209. The molecule has 1 N–H and O–H groups in total. The molecule has 0 aromatic heterocycles. The van der Waals surface area contributed by atoms with E-state index in [2.05, 4.69) is 17.1 Å². The highest BCUT2D eigenvalue weighted by Crippen LogP contribution is 2.38. The Labute approximate surface area is 223 Å². The van der Waals surface area contributed by atoms with Crippen LogP contribution in [0.3, 0.4) is 0 Å². The maximum absolute atomic E-state index is 13.5. The Hall–Kier alpha value is -3.83. The van der Waals surface area contributed by atoms with E-state index in [4.69, 9.17) is 16.3 Å². The number of hydrogen-bond acceptors (Lipinski definition) is 5. The number of carbonyl (C=O) groups excluding carboxylic acids is 1. The molecule has 0 aliphatic heterocycles. The van der Waals surface area contributed by atoms with E-state index in [1.807, 2.05) is 0 Å². The number of halogens is 4. The summed E-state index contributed by atoms with van der Waals surface area (Å²) in [6.07, 6.45) is -1.96. The molecule has 3 rings (SSSR count). The van der Waals surface area contributed by atoms with Crippen molar-refractivity contribution in [2.75, 3.05) is 17.5 Å². The van der Waals surface area contributed by atoms with Crippen molar-refractivity contribution in [2.45, 2.75) is 18.0 Å². The van der Waals surface area contributed by atoms with Crippen LogP contribution in [0.25, 0.3) is 0 Å². The third-order valence-corrected chi connectivity index (χ3v) is 7.19. The molecular formula is C26H23ClF3N3O4S. The number of amides is 1. The summed E-state index contributed by atoms with van der Waals surface area (Å²) in [4.78, 5) is 12.5. The van der Waals surface area contributed by atoms with Crippen LogP contribution >= 0.6 is 11.6 Å². The van der Waals surface area contributed by atoms with Crippen molar-refractivity contribution >= 4 is 39.4 Å². The van der Waals surface area contributed by atoms with Crippen LogP contribution < -0.4 is 14.5 Å². The van der Waals surface area contributed by atoms with Gasteiger partial charge < -0.3 is 4.74 Å². The Balaban J connectivity index is 1.89. The summed E-state index contributed by atoms with van der Waals surface area (Å²) in [6.45, 7) is 4.75. The van der Waals surface area contributed by atoms with Gasteiger partial charge in [0.05, 0.1) is 27.4 Å². The number of nitrogens with zero attached hydrogens (tertiary/aromatic N) is 2. The highest BCUT2D eigenvalue weighted by molar-refractivity contribution is 7.92. The van der Waals surface area contributed by atoms with E-state index in [0.29, 0.717) is 28.3 Å². The molecule has 0 aliphatic carbocycles. The third-order valence-electron chi connectivity index (χ3n) is 5.07. The topological polar surface area (TPSA) is 88.1 Å². The Morgan fingerprint density at radius 2 is 1.84 bits per heavy atom. The lowest BCUT2D eigenvalue weighted by Gasteiger charge is -2.25. The highest BCUT2D eigenvalue weighted by Gasteiger charge is 2.35. The van der Waals surface area contributed by atoms with Crippen molar-refractivity contribution in [3.8, 4) is 5.75 Å². The quantitative estimate of drug-likeness (QED) is 0.198. The van der Waals surface area contributed by atoms with Gasteiger partial charge >= 0.3 is 6.18 Å². The van der Waals surface area contributed by atoms with Crippen molar-refractivity contribution in [3.05, 3.63) is 101 Å². The van der Waals surface area contributed by atoms with Gasteiger partial charge in [0.15, 0.2) is 0 Å². The first-order valence-electron chi connectivity index (χ1n) is 11.0. The SMILES string of the molecule is C=CCOc1cccc(/C=N\NC(=O)CN(c2ccc(Cl)c(C(F)(F)F)c2)S(=O)(=O)c2ccc(C)cc2)c1. The first kappa shape index (κ1) is 28.7. The summed E-state index contributed by atoms with van der Waals surface area (Å²) in [5.41, 5.74) is 1.91. The lowest BCUT2D eigenvalue weighted by atomic mass is 10.2. The van der Waals surface area contributed by atoms with Crippen molar-refractivity contribution in [2.24, 2.45) is 5.10 Å². The number of aryl methyl sites for hydroxylation is 1. The number of hydrogen-bond donors (Lipinski definition) is 1. The number of sulfonamides is 1. The number of hydrazone groups is 1. The highest BCUT2D eigenvalue weighted by atomic mass is 35.5. The molecule has 12 heteroatoms. The Morgan fingerprint density at radius 3 is 2.50 bits per heavy atom. The lowest BCUT2D eigenvalue weighted by Crippen LogP contribution is -2.39. The molecule has 0 atom stereocenters. The minimum Gasteiger partial charge on any atom is -0.490 e. The number of carbonyl (C=O) groups is 1. The molecule has 1 amide bonds. The molecule has 0 heterocycles. The van der Waals surface area contributed by atoms with E-state index in [1.165, 1.54) is 30.5 Å². The van der Waals surface area contributed by atoms with Gasteiger partial charge in [0, 0.05) is 0 Å². The van der Waals surface area contributed by atoms with Gasteiger partial charge in [0.2, 0.25) is 0 Å². The summed E-state index contributed by atoms with van der Waals surface area (Å²) >= 11 is 5.71. The molecule has 0 fully saturated rings. The molecule has 0 unspecified atom stereocenters. The molecule has 0 spiro atoms. The summed E-state index contributed by atoms with van der Waals surface area (Å²) in [7, 11) is -4.45. The normalized spacial score (nSPS) is 11.8. The van der Waals surface area contributed by atoms with Crippen LogP contribution in [0.15, 0.2) is 89.4 Å². The van der Waals surface area contributed by atoms with Gasteiger partial charge in [-0.1, -0.05) is 54.1 Å². The lowest BCUT2D eigenvalue weighted by molar-refractivity contribution is -0.137. The van der Waals surface area contributed by atoms with E-state index in [1.54, 1.807) is 37.3 Å². The number of alkyl halides is 3. The molecule has 0 aliphatic rings. The van der Waals surface area contributed by atoms with Crippen LogP contribution in [-0.4, -0.2) is 33.7 Å². The van der Waals surface area contributed by atoms with Crippen molar-refractivity contribution in [1.29, 1.82) is 0 Å². The number of benzene rings is 3. The maximum atomic E-state index is 13.5. The molecule has 0 saturated carbocycles. The molecule has 3 aromatic rings. The van der Waals surface area contributed by atoms with Crippen molar-refractivity contribution < 1.29 is 31.1 Å². The number of nitrogens with one attached hydrogen (secondary N) is 1. The fourth-order valence-corrected chi connectivity index (χ4v) is 4.86. The summed E-state index contributed by atoms with van der Waals surface area (Å²) < 4.78 is 73.3. The average Bonchev–Trinajstić information content (AvgIpc) is 2.86. The fourth-order valence-electron chi connectivity index (χ4n) is 3.22. The molecule has 200 valence electrons. The molecule has 0 radical (unpaired) electrons. The van der Waals surface area contributed by atoms with E-state index in [0.717, 1.165) is 17.7 Å². The molecule has 0 bridgehead atoms. The van der Waals surface area contributed by atoms with Crippen LogP contribution in [0.5, 0.6) is 5.75 Å². The Morgan fingerprint density at radius 1 is 1.13 bits per heavy atom. The Bertz CT molecular complexity index is 1440. The first-order chi connectivity index (χ1) is 17.9. The second-order valence-corrected chi connectivity index (χ2v) is 10.2. The van der Waals surface area contributed by atoms with Crippen LogP contribution in [0.1, 0.15) is 16.7 Å². The third kappa shape index (κ3) is 7.36. The van der Waals surface area contributed by atoms with Crippen LogP contribution in [-0.2, 0) is 21.0 Å². The largest absolute Gasteiger partial charge is 0.490 e. The molecule has 3 aromatic carbocycles. The minimum atomic E-state index is -4.84. The summed E-state index contributed by atoms with van der Waals surface area (Å²) in [5, 5.41) is 3.22. The van der Waals surface area contributed by atoms with E-state index in [-0.39, 0.29) is 4.90 Å². The van der Waals surface area contributed by atoms with Crippen molar-refractivity contribution in [3.63, 3.8) is 0 Å². The average molecular weight is 566 g/mol. The van der Waals surface area contributed by atoms with Gasteiger partial charge in [-0.05, 0) is 55.0 Å². The van der Waals surface area contributed by atoms with Gasteiger partial charge in [0.1, 0.15) is 18.9 Å². The molecule has 0 saturated heterocycles. The van der Waals surface area contributed by atoms with Crippen molar-refractivity contribution in [1.82, 2.24) is 5.43 Å². The molecular weight excluding hydrogens is 543 g/mol. The van der Waals surface area contributed by atoms with Crippen LogP contribution in [0.2, 0.25) is 5.02 Å². The van der Waals surface area contributed by atoms with Crippen LogP contribution in [0, 0.1) is 6.92 Å². The fraction of sp³-hybridized carbons (Fsp3) is 0.154. The van der Waals surface area contributed by atoms with Gasteiger partial charge in [-0.15, -0.1) is 0 Å². The standard InChI is InChI=1S/C26H23ClF3N3O4S/c1-3-13-37-21-6-4-5-19(14-21)16-31-32-25(34)17-33(38(35,36)22-10-7-18(2)8-11-22)20-9-12-24(27)23(15-20)26(28,29)30/h3-12,14-16H,1,13,17H2,2H3,(H,32,34)/b31-16-. The zero-order chi connectivity index (χ0) is 27.9. The van der Waals surface area contributed by atoms with Gasteiger partial charge in [0.25, 0.3) is 15.9 Å². The second kappa shape index (κ2) is 12.1. The van der Waals surface area contributed by atoms with Gasteiger partial charge in [-0.25, -0.2) is 13.8 Å². The zero-order valence-corrected chi connectivity index (χ0v) is 21.6. The predicted molar refractivity (Wildman–Crippen MR) is 140 cm³/mol. The van der Waals surface area contributed by atoms with Gasteiger partial charge in [-0.2, -0.15) is 18.3 Å². The number of rotatable bonds is 10. The first-order valence-corrected chi connectivity index (χ1v) is 12.9. The van der Waals surface area contributed by atoms with E-state index >= 15 is 0 Å².